The third-order valence-electron chi connectivity index (χ3n) is 1.75. The van der Waals surface area contributed by atoms with Crippen LogP contribution in [0.3, 0.4) is 0 Å². The van der Waals surface area contributed by atoms with Crippen LogP contribution in [0.15, 0.2) is 36.4 Å². The van der Waals surface area contributed by atoms with Crippen LogP contribution in [0.5, 0.6) is 11.6 Å². The van der Waals surface area contributed by atoms with E-state index >= 15 is 0 Å². The molecule has 0 N–H and O–H groups in total. The van der Waals surface area contributed by atoms with Crippen molar-refractivity contribution in [3.63, 3.8) is 0 Å². The number of rotatable bonds is 2. The Balaban J connectivity index is 2.25. The summed E-state index contributed by atoms with van der Waals surface area (Å²) in [6.07, 6.45) is 0. The van der Waals surface area contributed by atoms with Crippen LogP contribution >= 0.6 is 11.6 Å². The van der Waals surface area contributed by atoms with Crippen LogP contribution in [0, 0.1) is 6.92 Å². The van der Waals surface area contributed by atoms with Crippen molar-refractivity contribution in [3.05, 3.63) is 47.4 Å². The molecule has 0 aliphatic rings. The summed E-state index contributed by atoms with van der Waals surface area (Å²) >= 11 is 5.79. The number of aryl methyl sites for hydroxylation is 1. The summed E-state index contributed by atoms with van der Waals surface area (Å²) in [7, 11) is 0. The SMILES string of the molecule is Cc1nc(Cl)cc(Oc2ccccc2)n1. The Morgan fingerprint density at radius 1 is 1.13 bits per heavy atom. The van der Waals surface area contributed by atoms with Gasteiger partial charge in [0.1, 0.15) is 16.7 Å². The first kappa shape index (κ1) is 9.93. The highest BCUT2D eigenvalue weighted by molar-refractivity contribution is 6.29. The molecule has 0 saturated carbocycles. The first-order chi connectivity index (χ1) is 7.24. The average Bonchev–Trinajstić information content (AvgIpc) is 2.17. The second-order valence-electron chi connectivity index (χ2n) is 2.99. The van der Waals surface area contributed by atoms with Crippen molar-refractivity contribution in [2.75, 3.05) is 0 Å². The molecule has 0 aliphatic carbocycles. The zero-order chi connectivity index (χ0) is 10.7. The second kappa shape index (κ2) is 4.28. The van der Waals surface area contributed by atoms with Crippen molar-refractivity contribution in [1.29, 1.82) is 0 Å². The Kier molecular flexibility index (Phi) is 2.83. The largest absolute Gasteiger partial charge is 0.439 e. The lowest BCUT2D eigenvalue weighted by atomic mass is 10.3. The van der Waals surface area contributed by atoms with Crippen LogP contribution in [-0.2, 0) is 0 Å². The van der Waals surface area contributed by atoms with Gasteiger partial charge in [-0.15, -0.1) is 0 Å². The summed E-state index contributed by atoms with van der Waals surface area (Å²) in [4.78, 5) is 8.06. The fourth-order valence-electron chi connectivity index (χ4n) is 1.17. The monoisotopic (exact) mass is 220 g/mol. The van der Waals surface area contributed by atoms with Gasteiger partial charge in [0, 0.05) is 6.07 Å². The number of halogens is 1. The molecule has 0 bridgehead atoms. The Labute approximate surface area is 92.7 Å². The molecular weight excluding hydrogens is 212 g/mol. The number of para-hydroxylation sites is 1. The van der Waals surface area contributed by atoms with Gasteiger partial charge in [-0.3, -0.25) is 0 Å². The summed E-state index contributed by atoms with van der Waals surface area (Å²) in [6.45, 7) is 1.77. The summed E-state index contributed by atoms with van der Waals surface area (Å²) in [5.41, 5.74) is 0. The van der Waals surface area contributed by atoms with Crippen molar-refractivity contribution in [1.82, 2.24) is 9.97 Å². The molecule has 0 radical (unpaired) electrons. The summed E-state index contributed by atoms with van der Waals surface area (Å²) < 4.78 is 5.50. The van der Waals surface area contributed by atoms with Gasteiger partial charge in [-0.2, -0.15) is 4.98 Å². The third kappa shape index (κ3) is 2.67. The average molecular weight is 221 g/mol. The van der Waals surface area contributed by atoms with E-state index in [9.17, 15) is 0 Å². The van der Waals surface area contributed by atoms with Gasteiger partial charge >= 0.3 is 0 Å². The topological polar surface area (TPSA) is 35.0 Å². The van der Waals surface area contributed by atoms with Crippen molar-refractivity contribution in [2.45, 2.75) is 6.92 Å². The third-order valence-corrected chi connectivity index (χ3v) is 1.94. The van der Waals surface area contributed by atoms with Gasteiger partial charge in [-0.05, 0) is 19.1 Å². The predicted molar refractivity (Wildman–Crippen MR) is 58.3 cm³/mol. The first-order valence-corrected chi connectivity index (χ1v) is 4.86. The zero-order valence-corrected chi connectivity index (χ0v) is 8.90. The minimum absolute atomic E-state index is 0.383. The molecule has 0 spiro atoms. The lowest BCUT2D eigenvalue weighted by molar-refractivity contribution is 0.460. The van der Waals surface area contributed by atoms with Crippen LogP contribution in [0.4, 0.5) is 0 Å². The molecule has 76 valence electrons. The molecule has 1 heterocycles. The normalized spacial score (nSPS) is 10.0. The molecule has 0 aliphatic heterocycles. The molecule has 1 aromatic carbocycles. The molecule has 0 amide bonds. The zero-order valence-electron chi connectivity index (χ0n) is 8.14. The summed E-state index contributed by atoms with van der Waals surface area (Å²) in [6, 6.07) is 11.0. The maximum atomic E-state index is 5.79. The lowest BCUT2D eigenvalue weighted by Gasteiger charge is -2.04. The van der Waals surface area contributed by atoms with Crippen molar-refractivity contribution in [2.24, 2.45) is 0 Å². The van der Waals surface area contributed by atoms with Crippen LogP contribution in [0.25, 0.3) is 0 Å². The van der Waals surface area contributed by atoms with E-state index in [4.69, 9.17) is 16.3 Å². The fourth-order valence-corrected chi connectivity index (χ4v) is 1.38. The summed E-state index contributed by atoms with van der Waals surface area (Å²) in [5.74, 6) is 1.78. The number of benzene rings is 1. The molecular formula is C11H9ClN2O. The van der Waals surface area contributed by atoms with Gasteiger partial charge in [0.15, 0.2) is 0 Å². The Morgan fingerprint density at radius 3 is 2.53 bits per heavy atom. The van der Waals surface area contributed by atoms with E-state index in [0.717, 1.165) is 5.75 Å². The molecule has 4 heteroatoms. The lowest BCUT2D eigenvalue weighted by Crippen LogP contribution is -1.92. The van der Waals surface area contributed by atoms with Gasteiger partial charge < -0.3 is 4.74 Å². The Morgan fingerprint density at radius 2 is 1.87 bits per heavy atom. The van der Waals surface area contributed by atoms with E-state index in [1.807, 2.05) is 30.3 Å². The summed E-state index contributed by atoms with van der Waals surface area (Å²) in [5, 5.41) is 0.383. The van der Waals surface area contributed by atoms with E-state index in [-0.39, 0.29) is 0 Å². The molecule has 1 aromatic heterocycles. The van der Waals surface area contributed by atoms with Crippen LogP contribution in [-0.4, -0.2) is 9.97 Å². The molecule has 15 heavy (non-hydrogen) atoms. The molecule has 2 aromatic rings. The second-order valence-corrected chi connectivity index (χ2v) is 3.38. The van der Waals surface area contributed by atoms with Crippen LogP contribution < -0.4 is 4.74 Å². The quantitative estimate of drug-likeness (QED) is 0.729. The van der Waals surface area contributed by atoms with Gasteiger partial charge in [0.05, 0.1) is 0 Å². The smallest absolute Gasteiger partial charge is 0.224 e. The number of hydrogen-bond donors (Lipinski definition) is 0. The van der Waals surface area contributed by atoms with E-state index in [1.54, 1.807) is 13.0 Å². The number of hydrogen-bond acceptors (Lipinski definition) is 3. The van der Waals surface area contributed by atoms with Gasteiger partial charge in [-0.25, -0.2) is 4.98 Å². The first-order valence-electron chi connectivity index (χ1n) is 4.48. The predicted octanol–water partition coefficient (Wildman–Crippen LogP) is 3.23. The van der Waals surface area contributed by atoms with E-state index in [1.165, 1.54) is 0 Å². The van der Waals surface area contributed by atoms with Crippen molar-refractivity contribution < 1.29 is 4.74 Å². The van der Waals surface area contributed by atoms with Crippen molar-refractivity contribution >= 4 is 11.6 Å². The van der Waals surface area contributed by atoms with E-state index in [2.05, 4.69) is 9.97 Å². The maximum absolute atomic E-state index is 5.79. The molecule has 0 fully saturated rings. The van der Waals surface area contributed by atoms with Gasteiger partial charge in [-0.1, -0.05) is 29.8 Å². The number of ether oxygens (including phenoxy) is 1. The molecule has 0 atom stereocenters. The standard InChI is InChI=1S/C11H9ClN2O/c1-8-13-10(12)7-11(14-8)15-9-5-3-2-4-6-9/h2-7H,1H3. The molecule has 0 unspecified atom stereocenters. The van der Waals surface area contributed by atoms with Crippen molar-refractivity contribution in [3.8, 4) is 11.6 Å². The highest BCUT2D eigenvalue weighted by Gasteiger charge is 2.01. The fraction of sp³-hybridized carbons (Fsp3) is 0.0909. The van der Waals surface area contributed by atoms with E-state index < -0.39 is 0 Å². The minimum Gasteiger partial charge on any atom is -0.439 e. The molecule has 0 saturated heterocycles. The van der Waals surface area contributed by atoms with Gasteiger partial charge in [0.2, 0.25) is 5.88 Å². The highest BCUT2D eigenvalue weighted by Crippen LogP contribution is 2.20. The Bertz CT molecular complexity index is 439. The van der Waals surface area contributed by atoms with E-state index in [0.29, 0.717) is 16.9 Å². The highest BCUT2D eigenvalue weighted by atomic mass is 35.5. The molecule has 3 nitrogen and oxygen atoms in total. The molecule has 2 rings (SSSR count). The maximum Gasteiger partial charge on any atom is 0.224 e. The Hall–Kier alpha value is -1.61. The van der Waals surface area contributed by atoms with Crippen LogP contribution in [0.1, 0.15) is 5.82 Å². The number of aromatic nitrogens is 2. The van der Waals surface area contributed by atoms with Gasteiger partial charge in [0.25, 0.3) is 0 Å². The number of nitrogens with zero attached hydrogens (tertiary/aromatic N) is 2. The minimum atomic E-state index is 0.383. The van der Waals surface area contributed by atoms with Crippen LogP contribution in [0.2, 0.25) is 5.15 Å².